The van der Waals surface area contributed by atoms with Crippen LogP contribution in [-0.4, -0.2) is 4.98 Å². The molecule has 1 rings (SSSR count). The number of hydrogen-bond acceptors (Lipinski definition) is 1. The van der Waals surface area contributed by atoms with E-state index < -0.39 is 35.6 Å². The first-order chi connectivity index (χ1) is 6.73. The summed E-state index contributed by atoms with van der Waals surface area (Å²) in [6, 6.07) is -0.128. The van der Waals surface area contributed by atoms with Gasteiger partial charge in [-0.15, -0.1) is 0 Å². The Balaban J connectivity index is 3.47. The SMILES string of the molecule is Fc1cc(F)c(C(F)F)c(C(F)(F)F)n1. The van der Waals surface area contributed by atoms with E-state index in [1.165, 1.54) is 0 Å². The predicted octanol–water partition coefficient (Wildman–Crippen LogP) is 3.32. The van der Waals surface area contributed by atoms with E-state index in [9.17, 15) is 30.7 Å². The largest absolute Gasteiger partial charge is 0.434 e. The summed E-state index contributed by atoms with van der Waals surface area (Å²) in [5, 5.41) is 0. The average Bonchev–Trinajstić information content (AvgIpc) is 1.99. The van der Waals surface area contributed by atoms with Crippen molar-refractivity contribution in [2.75, 3.05) is 0 Å². The normalized spacial score (nSPS) is 12.3. The van der Waals surface area contributed by atoms with Crippen molar-refractivity contribution >= 4 is 0 Å². The van der Waals surface area contributed by atoms with Gasteiger partial charge in [0.15, 0.2) is 5.69 Å². The molecule has 0 atom stereocenters. The summed E-state index contributed by atoms with van der Waals surface area (Å²) in [6.07, 6.45) is -9.04. The Morgan fingerprint density at radius 2 is 1.67 bits per heavy atom. The zero-order valence-electron chi connectivity index (χ0n) is 6.75. The molecule has 8 heteroatoms. The lowest BCUT2D eigenvalue weighted by molar-refractivity contribution is -0.144. The van der Waals surface area contributed by atoms with Crippen molar-refractivity contribution in [2.45, 2.75) is 12.6 Å². The third-order valence-corrected chi connectivity index (χ3v) is 1.46. The van der Waals surface area contributed by atoms with E-state index in [1.807, 2.05) is 0 Å². The second-order valence-corrected chi connectivity index (χ2v) is 2.49. The number of nitrogens with zero attached hydrogens (tertiary/aromatic N) is 1. The fourth-order valence-corrected chi connectivity index (χ4v) is 0.918. The zero-order valence-corrected chi connectivity index (χ0v) is 6.75. The molecule has 0 aromatic carbocycles. The zero-order chi connectivity index (χ0) is 11.8. The molecule has 0 amide bonds. The Labute approximate surface area is 78.5 Å². The Bertz CT molecular complexity index is 370. The Morgan fingerprint density at radius 1 is 1.13 bits per heavy atom. The monoisotopic (exact) mass is 233 g/mol. The standard InChI is InChI=1S/C7H2F7N/c8-2-1-3(9)15-5(7(12,13)14)4(2)6(10)11/h1,6H. The number of hydrogen-bond donors (Lipinski definition) is 0. The molecule has 84 valence electrons. The molecule has 0 spiro atoms. The third kappa shape index (κ3) is 2.37. The Kier molecular flexibility index (Phi) is 2.87. The molecule has 0 saturated carbocycles. The van der Waals surface area contributed by atoms with Crippen molar-refractivity contribution in [1.29, 1.82) is 0 Å². The highest BCUT2D eigenvalue weighted by atomic mass is 19.4. The van der Waals surface area contributed by atoms with Gasteiger partial charge in [-0.05, 0) is 0 Å². The van der Waals surface area contributed by atoms with Crippen LogP contribution in [0.2, 0.25) is 0 Å². The molecule has 0 radical (unpaired) electrons. The number of pyridine rings is 1. The smallest absolute Gasteiger partial charge is 0.215 e. The van der Waals surface area contributed by atoms with Gasteiger partial charge in [0.25, 0.3) is 6.43 Å². The number of rotatable bonds is 1. The second-order valence-electron chi connectivity index (χ2n) is 2.49. The van der Waals surface area contributed by atoms with Gasteiger partial charge in [-0.1, -0.05) is 0 Å². The van der Waals surface area contributed by atoms with E-state index in [1.54, 1.807) is 0 Å². The van der Waals surface area contributed by atoms with Gasteiger partial charge >= 0.3 is 6.18 Å². The van der Waals surface area contributed by atoms with E-state index in [0.717, 1.165) is 0 Å². The number of halogens is 7. The molecule has 15 heavy (non-hydrogen) atoms. The summed E-state index contributed by atoms with van der Waals surface area (Å²) < 4.78 is 85.2. The predicted molar refractivity (Wildman–Crippen MR) is 34.1 cm³/mol. The van der Waals surface area contributed by atoms with Crippen LogP contribution in [0.5, 0.6) is 0 Å². The maximum atomic E-state index is 12.6. The molecule has 0 bridgehead atoms. The van der Waals surface area contributed by atoms with Gasteiger partial charge in [0.2, 0.25) is 5.95 Å². The molecule has 1 aromatic rings. The summed E-state index contributed by atoms with van der Waals surface area (Å²) in [4.78, 5) is 2.21. The van der Waals surface area contributed by atoms with Crippen LogP contribution in [0.15, 0.2) is 6.07 Å². The molecule has 0 aliphatic heterocycles. The first kappa shape index (κ1) is 11.7. The number of aromatic nitrogens is 1. The molecule has 0 aliphatic rings. The summed E-state index contributed by atoms with van der Waals surface area (Å²) >= 11 is 0. The summed E-state index contributed by atoms with van der Waals surface area (Å²) in [5.41, 5.74) is -4.18. The minimum atomic E-state index is -5.32. The lowest BCUT2D eigenvalue weighted by atomic mass is 10.2. The lowest BCUT2D eigenvalue weighted by Gasteiger charge is -2.11. The molecular formula is C7H2F7N. The number of alkyl halides is 5. The summed E-state index contributed by atoms with van der Waals surface area (Å²) in [7, 11) is 0. The van der Waals surface area contributed by atoms with Crippen LogP contribution in [0.4, 0.5) is 30.7 Å². The molecule has 0 fully saturated rings. The van der Waals surface area contributed by atoms with Gasteiger partial charge < -0.3 is 0 Å². The van der Waals surface area contributed by atoms with Crippen LogP contribution in [0.25, 0.3) is 0 Å². The van der Waals surface area contributed by atoms with E-state index in [0.29, 0.717) is 0 Å². The summed E-state index contributed by atoms with van der Waals surface area (Å²) in [5.74, 6) is -3.77. The molecule has 0 aliphatic carbocycles. The Morgan fingerprint density at radius 3 is 2.07 bits per heavy atom. The van der Waals surface area contributed by atoms with Crippen LogP contribution >= 0.6 is 0 Å². The quantitative estimate of drug-likeness (QED) is 0.535. The lowest BCUT2D eigenvalue weighted by Crippen LogP contribution is -2.15. The maximum Gasteiger partial charge on any atom is 0.434 e. The van der Waals surface area contributed by atoms with Crippen molar-refractivity contribution in [3.63, 3.8) is 0 Å². The molecule has 1 aromatic heterocycles. The molecule has 1 heterocycles. The minimum absolute atomic E-state index is 0.128. The van der Waals surface area contributed by atoms with Crippen molar-refractivity contribution in [3.05, 3.63) is 29.1 Å². The fraction of sp³-hybridized carbons (Fsp3) is 0.286. The van der Waals surface area contributed by atoms with Gasteiger partial charge in [0, 0.05) is 6.07 Å². The first-order valence-electron chi connectivity index (χ1n) is 3.44. The molecule has 0 unspecified atom stereocenters. The average molecular weight is 233 g/mol. The van der Waals surface area contributed by atoms with Crippen LogP contribution in [-0.2, 0) is 6.18 Å². The molecular weight excluding hydrogens is 231 g/mol. The van der Waals surface area contributed by atoms with Gasteiger partial charge in [0.1, 0.15) is 5.82 Å². The first-order valence-corrected chi connectivity index (χ1v) is 3.44. The minimum Gasteiger partial charge on any atom is -0.215 e. The summed E-state index contributed by atoms with van der Waals surface area (Å²) in [6.45, 7) is 0. The Hall–Kier alpha value is -1.34. The van der Waals surface area contributed by atoms with Crippen LogP contribution in [0.1, 0.15) is 17.7 Å². The van der Waals surface area contributed by atoms with Crippen LogP contribution in [0.3, 0.4) is 0 Å². The third-order valence-electron chi connectivity index (χ3n) is 1.46. The highest BCUT2D eigenvalue weighted by Gasteiger charge is 2.40. The highest BCUT2D eigenvalue weighted by Crippen LogP contribution is 2.36. The highest BCUT2D eigenvalue weighted by molar-refractivity contribution is 5.25. The molecule has 0 N–H and O–H groups in total. The van der Waals surface area contributed by atoms with Crippen molar-refractivity contribution < 1.29 is 30.7 Å². The van der Waals surface area contributed by atoms with E-state index in [-0.39, 0.29) is 6.07 Å². The van der Waals surface area contributed by atoms with E-state index in [4.69, 9.17) is 0 Å². The van der Waals surface area contributed by atoms with Gasteiger partial charge in [-0.3, -0.25) is 0 Å². The van der Waals surface area contributed by atoms with Gasteiger partial charge in [-0.2, -0.15) is 17.6 Å². The van der Waals surface area contributed by atoms with Gasteiger partial charge in [-0.25, -0.2) is 18.2 Å². The maximum absolute atomic E-state index is 12.6. The van der Waals surface area contributed by atoms with Crippen LogP contribution < -0.4 is 0 Å². The van der Waals surface area contributed by atoms with Crippen molar-refractivity contribution in [3.8, 4) is 0 Å². The van der Waals surface area contributed by atoms with Crippen molar-refractivity contribution in [1.82, 2.24) is 4.98 Å². The topological polar surface area (TPSA) is 12.9 Å². The van der Waals surface area contributed by atoms with E-state index in [2.05, 4.69) is 4.98 Å². The van der Waals surface area contributed by atoms with Crippen LogP contribution in [0, 0.1) is 11.8 Å². The fourth-order valence-electron chi connectivity index (χ4n) is 0.918. The molecule has 0 saturated heterocycles. The molecule has 1 nitrogen and oxygen atoms in total. The van der Waals surface area contributed by atoms with Gasteiger partial charge in [0.05, 0.1) is 5.56 Å². The van der Waals surface area contributed by atoms with E-state index >= 15 is 0 Å². The second kappa shape index (κ2) is 3.67. The van der Waals surface area contributed by atoms with Crippen molar-refractivity contribution in [2.24, 2.45) is 0 Å².